The van der Waals surface area contributed by atoms with Crippen LogP contribution in [-0.4, -0.2) is 59.5 Å². The van der Waals surface area contributed by atoms with Gasteiger partial charge in [-0.1, -0.05) is 6.07 Å². The molecular weight excluding hydrogens is 396 g/mol. The summed E-state index contributed by atoms with van der Waals surface area (Å²) in [6.45, 7) is 2.56. The van der Waals surface area contributed by atoms with Crippen molar-refractivity contribution in [3.8, 4) is 11.5 Å². The predicted molar refractivity (Wildman–Crippen MR) is 115 cm³/mol. The summed E-state index contributed by atoms with van der Waals surface area (Å²) in [5, 5.41) is 16.7. The molecule has 3 aliphatic rings. The zero-order chi connectivity index (χ0) is 21.2. The Morgan fingerprint density at radius 3 is 3.03 bits per heavy atom. The largest absolute Gasteiger partial charge is 0.454 e. The summed E-state index contributed by atoms with van der Waals surface area (Å²) in [5.74, 6) is 2.21. The van der Waals surface area contributed by atoms with Crippen molar-refractivity contribution in [1.82, 2.24) is 15.2 Å². The van der Waals surface area contributed by atoms with E-state index in [0.717, 1.165) is 49.7 Å². The van der Waals surface area contributed by atoms with E-state index in [2.05, 4.69) is 26.6 Å². The molecule has 1 saturated carbocycles. The number of aliphatic hydroxyl groups excluding tert-OH is 1. The van der Waals surface area contributed by atoms with Crippen molar-refractivity contribution in [3.05, 3.63) is 47.2 Å². The molecule has 0 saturated heterocycles. The van der Waals surface area contributed by atoms with Gasteiger partial charge < -0.3 is 25.2 Å². The van der Waals surface area contributed by atoms with Crippen molar-refractivity contribution in [2.75, 3.05) is 31.7 Å². The first kappa shape index (κ1) is 20.1. The second-order valence-corrected chi connectivity index (χ2v) is 8.49. The molecule has 8 nitrogen and oxygen atoms in total. The number of benzene rings is 1. The van der Waals surface area contributed by atoms with Crippen LogP contribution in [0.4, 0.5) is 5.82 Å². The molecule has 1 aromatic carbocycles. The summed E-state index contributed by atoms with van der Waals surface area (Å²) in [5.41, 5.74) is 2.96. The number of carbonyl (C=O) groups is 1. The van der Waals surface area contributed by atoms with Crippen LogP contribution in [-0.2, 0) is 13.0 Å². The number of aromatic nitrogens is 1. The van der Waals surface area contributed by atoms with Gasteiger partial charge in [-0.05, 0) is 49.4 Å². The third kappa shape index (κ3) is 4.45. The Hall–Kier alpha value is -2.84. The monoisotopic (exact) mass is 424 g/mol. The summed E-state index contributed by atoms with van der Waals surface area (Å²) < 4.78 is 11.1. The Morgan fingerprint density at radius 1 is 1.29 bits per heavy atom. The maximum atomic E-state index is 12.5. The van der Waals surface area contributed by atoms with E-state index in [-0.39, 0.29) is 19.2 Å². The number of anilines is 1. The lowest BCUT2D eigenvalue weighted by atomic mass is 9.93. The molecule has 0 radical (unpaired) electrons. The first-order valence-corrected chi connectivity index (χ1v) is 11.0. The number of carbonyl (C=O) groups excluding carboxylic acids is 1. The molecule has 1 atom stereocenters. The molecule has 3 heterocycles. The molecule has 2 aromatic rings. The van der Waals surface area contributed by atoms with Crippen molar-refractivity contribution in [2.24, 2.45) is 0 Å². The Balaban J connectivity index is 1.11. The highest BCUT2D eigenvalue weighted by Crippen LogP contribution is 2.39. The average molecular weight is 425 g/mol. The standard InChI is InChI=1S/C23H28N4O4/c28-18(11-25-23(29)15-6-8-24-21(10-15)26-17-2-1-3-17)13-27-9-7-19-16(12-27)4-5-20-22(19)31-14-30-20/h4-6,8,10,17-18,28H,1-3,7,9,11-14H2,(H,24,26)(H,25,29)/t18-/m0/s1. The SMILES string of the molecule is O=C(NC[C@H](O)CN1CCc2c(ccc3c2OCO3)C1)c1ccnc(NC2CCC2)c1. The molecule has 1 fully saturated rings. The molecule has 2 aliphatic heterocycles. The minimum Gasteiger partial charge on any atom is -0.454 e. The second-order valence-electron chi connectivity index (χ2n) is 8.49. The molecule has 1 aromatic heterocycles. The van der Waals surface area contributed by atoms with E-state index >= 15 is 0 Å². The fraction of sp³-hybridized carbons (Fsp3) is 0.478. The summed E-state index contributed by atoms with van der Waals surface area (Å²) in [4.78, 5) is 19.0. The first-order valence-electron chi connectivity index (χ1n) is 11.0. The van der Waals surface area contributed by atoms with Gasteiger partial charge in [0, 0.05) is 49.5 Å². The van der Waals surface area contributed by atoms with Gasteiger partial charge in [-0.25, -0.2) is 4.98 Å². The number of nitrogens with zero attached hydrogens (tertiary/aromatic N) is 2. The Kier molecular flexibility index (Phi) is 5.65. The van der Waals surface area contributed by atoms with Crippen molar-refractivity contribution in [3.63, 3.8) is 0 Å². The highest BCUT2D eigenvalue weighted by atomic mass is 16.7. The topological polar surface area (TPSA) is 96.0 Å². The molecule has 0 unspecified atom stereocenters. The summed E-state index contributed by atoms with van der Waals surface area (Å²) in [6, 6.07) is 7.94. The fourth-order valence-corrected chi connectivity index (χ4v) is 4.33. The third-order valence-corrected chi connectivity index (χ3v) is 6.26. The number of hydrogen-bond acceptors (Lipinski definition) is 7. The Bertz CT molecular complexity index is 963. The van der Waals surface area contributed by atoms with Gasteiger partial charge in [0.1, 0.15) is 5.82 Å². The van der Waals surface area contributed by atoms with Crippen LogP contribution in [0.2, 0.25) is 0 Å². The van der Waals surface area contributed by atoms with E-state index in [0.29, 0.717) is 18.2 Å². The van der Waals surface area contributed by atoms with Crippen LogP contribution in [0.25, 0.3) is 0 Å². The number of amides is 1. The molecule has 164 valence electrons. The van der Waals surface area contributed by atoms with Crippen LogP contribution in [0.1, 0.15) is 40.7 Å². The number of hydrogen-bond donors (Lipinski definition) is 3. The Morgan fingerprint density at radius 2 is 2.19 bits per heavy atom. The van der Waals surface area contributed by atoms with Crippen molar-refractivity contribution in [1.29, 1.82) is 0 Å². The maximum Gasteiger partial charge on any atom is 0.251 e. The average Bonchev–Trinajstić information content (AvgIpc) is 3.24. The van der Waals surface area contributed by atoms with Gasteiger partial charge in [-0.2, -0.15) is 0 Å². The molecule has 1 aliphatic carbocycles. The molecule has 3 N–H and O–H groups in total. The second kappa shape index (κ2) is 8.72. The summed E-state index contributed by atoms with van der Waals surface area (Å²) >= 11 is 0. The minimum absolute atomic E-state index is 0.199. The van der Waals surface area contributed by atoms with Gasteiger partial charge >= 0.3 is 0 Å². The highest BCUT2D eigenvalue weighted by Gasteiger charge is 2.26. The lowest BCUT2D eigenvalue weighted by Crippen LogP contribution is -2.42. The quantitative estimate of drug-likeness (QED) is 0.625. The van der Waals surface area contributed by atoms with Crippen molar-refractivity contribution >= 4 is 11.7 Å². The van der Waals surface area contributed by atoms with E-state index in [4.69, 9.17) is 9.47 Å². The molecule has 0 spiro atoms. The molecule has 1 amide bonds. The van der Waals surface area contributed by atoms with E-state index in [9.17, 15) is 9.90 Å². The summed E-state index contributed by atoms with van der Waals surface area (Å²) in [7, 11) is 0. The number of β-amino-alcohol motifs (C(OH)–C–C–N with tert-alkyl or cyclic N) is 1. The van der Waals surface area contributed by atoms with E-state index in [1.165, 1.54) is 17.5 Å². The number of ether oxygens (including phenoxy) is 2. The zero-order valence-corrected chi connectivity index (χ0v) is 17.5. The van der Waals surface area contributed by atoms with Crippen LogP contribution in [0.3, 0.4) is 0 Å². The van der Waals surface area contributed by atoms with E-state index < -0.39 is 6.10 Å². The highest BCUT2D eigenvalue weighted by molar-refractivity contribution is 5.94. The molecular formula is C23H28N4O4. The zero-order valence-electron chi connectivity index (χ0n) is 17.5. The van der Waals surface area contributed by atoms with Crippen LogP contribution >= 0.6 is 0 Å². The van der Waals surface area contributed by atoms with E-state index in [1.54, 1.807) is 18.3 Å². The number of nitrogens with one attached hydrogen (secondary N) is 2. The Labute approximate surface area is 181 Å². The van der Waals surface area contributed by atoms with Crippen molar-refractivity contribution in [2.45, 2.75) is 44.4 Å². The first-order chi connectivity index (χ1) is 15.2. The van der Waals surface area contributed by atoms with Gasteiger partial charge in [-0.3, -0.25) is 9.69 Å². The van der Waals surface area contributed by atoms with E-state index in [1.807, 2.05) is 6.07 Å². The van der Waals surface area contributed by atoms with Crippen LogP contribution < -0.4 is 20.1 Å². The van der Waals surface area contributed by atoms with Crippen LogP contribution in [0, 0.1) is 0 Å². The van der Waals surface area contributed by atoms with Crippen molar-refractivity contribution < 1.29 is 19.4 Å². The fourth-order valence-electron chi connectivity index (χ4n) is 4.33. The smallest absolute Gasteiger partial charge is 0.251 e. The van der Waals surface area contributed by atoms with Gasteiger partial charge in [-0.15, -0.1) is 0 Å². The maximum absolute atomic E-state index is 12.5. The number of pyridine rings is 1. The normalized spacial score (nSPS) is 18.7. The number of aliphatic hydroxyl groups is 1. The molecule has 0 bridgehead atoms. The summed E-state index contributed by atoms with van der Waals surface area (Å²) in [6.07, 6.45) is 5.39. The van der Waals surface area contributed by atoms with Crippen LogP contribution in [0.5, 0.6) is 11.5 Å². The molecule has 8 heteroatoms. The molecule has 5 rings (SSSR count). The van der Waals surface area contributed by atoms with Gasteiger partial charge in [0.15, 0.2) is 11.5 Å². The lowest BCUT2D eigenvalue weighted by molar-refractivity contribution is 0.0840. The van der Waals surface area contributed by atoms with Crippen LogP contribution in [0.15, 0.2) is 30.5 Å². The predicted octanol–water partition coefficient (Wildman–Crippen LogP) is 1.92. The third-order valence-electron chi connectivity index (χ3n) is 6.26. The lowest BCUT2D eigenvalue weighted by Gasteiger charge is -2.30. The van der Waals surface area contributed by atoms with Gasteiger partial charge in [0.05, 0.1) is 6.10 Å². The number of fused-ring (bicyclic) bond motifs is 3. The minimum atomic E-state index is -0.645. The molecule has 31 heavy (non-hydrogen) atoms. The number of rotatable bonds is 7. The van der Waals surface area contributed by atoms with Gasteiger partial charge in [0.2, 0.25) is 6.79 Å². The van der Waals surface area contributed by atoms with Gasteiger partial charge in [0.25, 0.3) is 5.91 Å².